The van der Waals surface area contributed by atoms with Crippen LogP contribution in [0.1, 0.15) is 50.3 Å². The van der Waals surface area contributed by atoms with Crippen LogP contribution in [0, 0.1) is 5.82 Å². The van der Waals surface area contributed by atoms with Crippen molar-refractivity contribution in [3.8, 4) is 11.4 Å². The average Bonchev–Trinajstić information content (AvgIpc) is 3.18. The van der Waals surface area contributed by atoms with Gasteiger partial charge in [-0.3, -0.25) is 4.79 Å². The predicted molar refractivity (Wildman–Crippen MR) is 99.6 cm³/mol. The number of benzene rings is 1. The summed E-state index contributed by atoms with van der Waals surface area (Å²) in [6.45, 7) is 2.00. The van der Waals surface area contributed by atoms with Gasteiger partial charge in [0.1, 0.15) is 11.6 Å². The zero-order chi connectivity index (χ0) is 19.5. The summed E-state index contributed by atoms with van der Waals surface area (Å²) in [5, 5.41) is 3.93. The van der Waals surface area contributed by atoms with Crippen molar-refractivity contribution in [3.05, 3.63) is 60.1 Å². The van der Waals surface area contributed by atoms with Crippen molar-refractivity contribution in [1.29, 1.82) is 0 Å². The van der Waals surface area contributed by atoms with Crippen LogP contribution in [0.2, 0.25) is 0 Å². The molecule has 146 valence electrons. The first-order chi connectivity index (χ1) is 13.6. The Kier molecular flexibility index (Phi) is 5.23. The van der Waals surface area contributed by atoms with Crippen molar-refractivity contribution >= 4 is 5.91 Å². The van der Waals surface area contributed by atoms with E-state index in [0.717, 1.165) is 18.6 Å². The first kappa shape index (κ1) is 18.4. The zero-order valence-electron chi connectivity index (χ0n) is 15.7. The highest BCUT2D eigenvalue weighted by molar-refractivity contribution is 5.77. The maximum absolute atomic E-state index is 13.0. The minimum Gasteiger partial charge on any atom is -0.467 e. The molecule has 0 saturated heterocycles. The minimum absolute atomic E-state index is 0.0662. The maximum atomic E-state index is 13.0. The molecule has 1 aliphatic rings. The average molecular weight is 383 g/mol. The zero-order valence-corrected chi connectivity index (χ0v) is 15.7. The van der Waals surface area contributed by atoms with E-state index in [2.05, 4.69) is 10.1 Å². The van der Waals surface area contributed by atoms with E-state index < -0.39 is 0 Å². The van der Waals surface area contributed by atoms with Gasteiger partial charge in [0.05, 0.1) is 12.3 Å². The fourth-order valence-electron chi connectivity index (χ4n) is 3.35. The Hall–Kier alpha value is -2.96. The lowest BCUT2D eigenvalue weighted by Crippen LogP contribution is -2.35. The van der Waals surface area contributed by atoms with Gasteiger partial charge in [-0.1, -0.05) is 5.16 Å². The summed E-state index contributed by atoms with van der Waals surface area (Å²) in [6.07, 6.45) is 5.28. The van der Waals surface area contributed by atoms with Crippen molar-refractivity contribution in [2.75, 3.05) is 0 Å². The molecule has 1 amide bonds. The van der Waals surface area contributed by atoms with E-state index in [9.17, 15) is 9.18 Å². The smallest absolute Gasteiger partial charge is 0.226 e. The molecule has 0 N–H and O–H groups in total. The van der Waals surface area contributed by atoms with Crippen LogP contribution in [0.15, 0.2) is 51.6 Å². The first-order valence-corrected chi connectivity index (χ1v) is 9.55. The second-order valence-corrected chi connectivity index (χ2v) is 7.10. The number of carbonyl (C=O) groups is 1. The molecule has 0 bridgehead atoms. The number of aryl methyl sites for hydroxylation is 1. The molecular weight excluding hydrogens is 361 g/mol. The molecule has 2 heterocycles. The monoisotopic (exact) mass is 383 g/mol. The van der Waals surface area contributed by atoms with E-state index in [0.29, 0.717) is 42.6 Å². The van der Waals surface area contributed by atoms with E-state index in [-0.39, 0.29) is 17.8 Å². The van der Waals surface area contributed by atoms with Crippen LogP contribution >= 0.6 is 0 Å². The minimum atomic E-state index is -0.310. The Morgan fingerprint density at radius 3 is 2.75 bits per heavy atom. The van der Waals surface area contributed by atoms with Crippen LogP contribution in [0.5, 0.6) is 0 Å². The molecule has 2 aromatic heterocycles. The summed E-state index contributed by atoms with van der Waals surface area (Å²) in [4.78, 5) is 19.1. The molecule has 1 aromatic carbocycles. The highest BCUT2D eigenvalue weighted by atomic mass is 19.1. The standard InChI is InChI=1S/C21H22FN3O3/c1-14(18-4-3-13-27-18)25(17-11-12-17)20(26)6-2-5-19-23-21(24-28-19)15-7-9-16(22)10-8-15/h3-4,7-10,13-14,17H,2,5-6,11-12H2,1H3. The number of carbonyl (C=O) groups excluding carboxylic acids is 1. The summed E-state index contributed by atoms with van der Waals surface area (Å²) in [5.41, 5.74) is 0.694. The maximum Gasteiger partial charge on any atom is 0.226 e. The number of furan rings is 1. The molecular formula is C21H22FN3O3. The molecule has 1 aliphatic carbocycles. The first-order valence-electron chi connectivity index (χ1n) is 9.55. The number of hydrogen-bond acceptors (Lipinski definition) is 5. The number of rotatable bonds is 8. The SMILES string of the molecule is CC(c1ccco1)N(C(=O)CCCc1nc(-c2ccc(F)cc2)no1)C1CC1. The number of amides is 1. The van der Waals surface area contributed by atoms with Crippen molar-refractivity contribution in [2.45, 2.75) is 51.1 Å². The number of aromatic nitrogens is 2. The fourth-order valence-corrected chi connectivity index (χ4v) is 3.35. The Balaban J connectivity index is 1.33. The van der Waals surface area contributed by atoms with Gasteiger partial charge in [0.15, 0.2) is 0 Å². The Morgan fingerprint density at radius 1 is 1.29 bits per heavy atom. The van der Waals surface area contributed by atoms with Crippen molar-refractivity contribution in [3.63, 3.8) is 0 Å². The highest BCUT2D eigenvalue weighted by Crippen LogP contribution is 2.35. The summed E-state index contributed by atoms with van der Waals surface area (Å²) < 4.78 is 23.8. The largest absolute Gasteiger partial charge is 0.467 e. The summed E-state index contributed by atoms with van der Waals surface area (Å²) in [5.74, 6) is 1.51. The summed E-state index contributed by atoms with van der Waals surface area (Å²) >= 11 is 0. The highest BCUT2D eigenvalue weighted by Gasteiger charge is 2.36. The normalized spacial score (nSPS) is 14.8. The molecule has 0 radical (unpaired) electrons. The third kappa shape index (κ3) is 4.13. The number of halogens is 1. The van der Waals surface area contributed by atoms with E-state index in [1.54, 1.807) is 18.4 Å². The second kappa shape index (κ2) is 7.96. The van der Waals surface area contributed by atoms with E-state index in [1.165, 1.54) is 12.1 Å². The van der Waals surface area contributed by atoms with Gasteiger partial charge in [0, 0.05) is 24.4 Å². The molecule has 6 nitrogen and oxygen atoms in total. The molecule has 1 unspecified atom stereocenters. The molecule has 4 rings (SSSR count). The number of nitrogens with zero attached hydrogens (tertiary/aromatic N) is 3. The molecule has 3 aromatic rings. The Labute approximate surface area is 162 Å². The molecule has 7 heteroatoms. The molecule has 0 aliphatic heterocycles. The third-order valence-corrected chi connectivity index (χ3v) is 4.95. The van der Waals surface area contributed by atoms with E-state index in [1.807, 2.05) is 24.0 Å². The van der Waals surface area contributed by atoms with Gasteiger partial charge in [-0.05, 0) is 62.6 Å². The van der Waals surface area contributed by atoms with Crippen LogP contribution in [-0.2, 0) is 11.2 Å². The van der Waals surface area contributed by atoms with E-state index >= 15 is 0 Å². The third-order valence-electron chi connectivity index (χ3n) is 4.95. The topological polar surface area (TPSA) is 72.4 Å². The fraction of sp³-hybridized carbons (Fsp3) is 0.381. The molecule has 1 fully saturated rings. The van der Waals surface area contributed by atoms with Crippen molar-refractivity contribution < 1.29 is 18.1 Å². The van der Waals surface area contributed by atoms with Gasteiger partial charge in [-0.25, -0.2) is 4.39 Å². The lowest BCUT2D eigenvalue weighted by atomic mass is 10.1. The van der Waals surface area contributed by atoms with Crippen LogP contribution in [0.4, 0.5) is 4.39 Å². The van der Waals surface area contributed by atoms with Gasteiger partial charge in [0.2, 0.25) is 17.6 Å². The van der Waals surface area contributed by atoms with E-state index in [4.69, 9.17) is 8.94 Å². The lowest BCUT2D eigenvalue weighted by Gasteiger charge is -2.28. The Morgan fingerprint density at radius 2 is 2.07 bits per heavy atom. The van der Waals surface area contributed by atoms with Gasteiger partial charge >= 0.3 is 0 Å². The van der Waals surface area contributed by atoms with Crippen LogP contribution < -0.4 is 0 Å². The van der Waals surface area contributed by atoms with Crippen LogP contribution in [0.25, 0.3) is 11.4 Å². The number of hydrogen-bond donors (Lipinski definition) is 0. The molecule has 0 spiro atoms. The molecule has 1 atom stereocenters. The van der Waals surface area contributed by atoms with Crippen molar-refractivity contribution in [2.24, 2.45) is 0 Å². The van der Waals surface area contributed by atoms with Crippen LogP contribution in [-0.4, -0.2) is 27.0 Å². The van der Waals surface area contributed by atoms with Gasteiger partial charge in [-0.15, -0.1) is 0 Å². The summed E-state index contributed by atoms with van der Waals surface area (Å²) in [6, 6.07) is 9.92. The molecule has 1 saturated carbocycles. The summed E-state index contributed by atoms with van der Waals surface area (Å²) in [7, 11) is 0. The second-order valence-electron chi connectivity index (χ2n) is 7.10. The Bertz CT molecular complexity index is 917. The van der Waals surface area contributed by atoms with Crippen LogP contribution in [0.3, 0.4) is 0 Å². The lowest BCUT2D eigenvalue weighted by molar-refractivity contribution is -0.134. The predicted octanol–water partition coefficient (Wildman–Crippen LogP) is 4.54. The van der Waals surface area contributed by atoms with Crippen molar-refractivity contribution in [1.82, 2.24) is 15.0 Å². The quantitative estimate of drug-likeness (QED) is 0.571. The van der Waals surface area contributed by atoms with Gasteiger partial charge in [0.25, 0.3) is 0 Å². The van der Waals surface area contributed by atoms with Gasteiger partial charge < -0.3 is 13.8 Å². The molecule has 28 heavy (non-hydrogen) atoms. The van der Waals surface area contributed by atoms with Gasteiger partial charge in [-0.2, -0.15) is 4.98 Å².